The van der Waals surface area contributed by atoms with E-state index in [1.807, 2.05) is 0 Å². The lowest BCUT2D eigenvalue weighted by atomic mass is 9.76. The summed E-state index contributed by atoms with van der Waals surface area (Å²) in [6.07, 6.45) is -1.75. The Bertz CT molecular complexity index is 1190. The quantitative estimate of drug-likeness (QED) is 0.357. The third kappa shape index (κ3) is 4.40. The largest absolute Gasteiger partial charge is 0.466 e. The summed E-state index contributed by atoms with van der Waals surface area (Å²) in [7, 11) is 0. The summed E-state index contributed by atoms with van der Waals surface area (Å²) in [5.74, 6) is -2.98. The SMILES string of the molecule is CCOC(=O)CC(Nc1nc(-c2c[nH]c3ncc(F)cc23)ncc1F)C1(C(F)(F)F)CCCC1. The number of aromatic amines is 1. The van der Waals surface area contributed by atoms with Gasteiger partial charge in [0, 0.05) is 17.1 Å². The number of nitrogens with one attached hydrogen (secondary N) is 2. The Kier molecular flexibility index (Phi) is 6.41. The number of nitrogens with zero attached hydrogens (tertiary/aromatic N) is 3. The summed E-state index contributed by atoms with van der Waals surface area (Å²) in [6.45, 7) is 1.55. The number of carbonyl (C=O) groups excluding carboxylic acids is 1. The fourth-order valence-corrected chi connectivity index (χ4v) is 4.53. The second-order valence-electron chi connectivity index (χ2n) is 8.21. The van der Waals surface area contributed by atoms with Gasteiger partial charge in [0.15, 0.2) is 17.5 Å². The van der Waals surface area contributed by atoms with E-state index in [4.69, 9.17) is 4.74 Å². The molecule has 1 aliphatic carbocycles. The summed E-state index contributed by atoms with van der Waals surface area (Å²) in [5.41, 5.74) is -1.62. The molecule has 3 aromatic heterocycles. The number of rotatable bonds is 7. The maximum absolute atomic E-state index is 14.7. The van der Waals surface area contributed by atoms with Crippen LogP contribution in [0.25, 0.3) is 22.4 Å². The average molecular weight is 483 g/mol. The molecule has 0 saturated heterocycles. The van der Waals surface area contributed by atoms with Gasteiger partial charge in [-0.25, -0.2) is 23.7 Å². The molecule has 0 aromatic carbocycles. The van der Waals surface area contributed by atoms with Crippen LogP contribution in [-0.4, -0.2) is 44.7 Å². The molecule has 1 aliphatic rings. The molecule has 182 valence electrons. The molecule has 1 unspecified atom stereocenters. The van der Waals surface area contributed by atoms with E-state index in [2.05, 4.69) is 25.3 Å². The third-order valence-corrected chi connectivity index (χ3v) is 6.20. The van der Waals surface area contributed by atoms with Crippen molar-refractivity contribution >= 4 is 22.8 Å². The van der Waals surface area contributed by atoms with Gasteiger partial charge in [-0.3, -0.25) is 4.79 Å². The maximum atomic E-state index is 14.7. The highest BCUT2D eigenvalue weighted by atomic mass is 19.4. The molecule has 3 heterocycles. The Morgan fingerprint density at radius 2 is 1.97 bits per heavy atom. The lowest BCUT2D eigenvalue weighted by molar-refractivity contribution is -0.228. The molecule has 0 radical (unpaired) electrons. The molecule has 0 aliphatic heterocycles. The second kappa shape index (κ2) is 9.15. The number of hydrogen-bond donors (Lipinski definition) is 2. The Hall–Kier alpha value is -3.31. The molecular weight excluding hydrogens is 461 g/mol. The monoisotopic (exact) mass is 483 g/mol. The first kappa shape index (κ1) is 23.8. The van der Waals surface area contributed by atoms with Crippen LogP contribution in [0, 0.1) is 17.0 Å². The number of hydrogen-bond acceptors (Lipinski definition) is 6. The Morgan fingerprint density at radius 3 is 2.65 bits per heavy atom. The van der Waals surface area contributed by atoms with E-state index in [-0.39, 0.29) is 25.3 Å². The van der Waals surface area contributed by atoms with Crippen LogP contribution < -0.4 is 5.32 Å². The summed E-state index contributed by atoms with van der Waals surface area (Å²) in [5, 5.41) is 2.86. The lowest BCUT2D eigenvalue weighted by Crippen LogP contribution is -2.50. The fourth-order valence-electron chi connectivity index (χ4n) is 4.53. The predicted octanol–water partition coefficient (Wildman–Crippen LogP) is 5.15. The first-order valence-electron chi connectivity index (χ1n) is 10.8. The molecule has 0 spiro atoms. The number of esters is 1. The van der Waals surface area contributed by atoms with Gasteiger partial charge in [0.05, 0.1) is 36.9 Å². The second-order valence-corrected chi connectivity index (χ2v) is 8.21. The van der Waals surface area contributed by atoms with Crippen molar-refractivity contribution in [3.05, 3.63) is 36.3 Å². The number of carbonyl (C=O) groups is 1. The zero-order chi connectivity index (χ0) is 24.5. The van der Waals surface area contributed by atoms with Crippen molar-refractivity contribution < 1.29 is 31.5 Å². The molecule has 12 heteroatoms. The van der Waals surface area contributed by atoms with E-state index >= 15 is 0 Å². The van der Waals surface area contributed by atoms with Crippen molar-refractivity contribution in [2.45, 2.75) is 51.2 Å². The molecule has 1 fully saturated rings. The molecule has 1 atom stereocenters. The van der Waals surface area contributed by atoms with Gasteiger partial charge in [-0.05, 0) is 25.8 Å². The van der Waals surface area contributed by atoms with Gasteiger partial charge >= 0.3 is 12.1 Å². The number of aromatic nitrogens is 4. The molecule has 2 N–H and O–H groups in total. The van der Waals surface area contributed by atoms with Crippen LogP contribution in [-0.2, 0) is 9.53 Å². The van der Waals surface area contributed by atoms with E-state index < -0.39 is 47.5 Å². The van der Waals surface area contributed by atoms with Crippen molar-refractivity contribution in [3.8, 4) is 11.4 Å². The minimum absolute atomic E-state index is 0.00173. The standard InChI is InChI=1S/C22H22F5N5O2/c1-2-34-17(33)8-16(21(22(25,26)27)5-3-4-6-21)31-20-15(24)11-30-19(32-20)14-10-29-18-13(14)7-12(23)9-28-18/h7,9-11,16H,2-6,8H2,1H3,(H,28,29)(H,30,31,32). The van der Waals surface area contributed by atoms with Gasteiger partial charge in [0.1, 0.15) is 11.5 Å². The van der Waals surface area contributed by atoms with Gasteiger partial charge < -0.3 is 15.0 Å². The summed E-state index contributed by atoms with van der Waals surface area (Å²) in [4.78, 5) is 26.9. The molecule has 0 amide bonds. The minimum Gasteiger partial charge on any atom is -0.466 e. The number of alkyl halides is 3. The Morgan fingerprint density at radius 1 is 1.24 bits per heavy atom. The van der Waals surface area contributed by atoms with E-state index in [9.17, 15) is 26.7 Å². The molecule has 34 heavy (non-hydrogen) atoms. The minimum atomic E-state index is -4.64. The van der Waals surface area contributed by atoms with Crippen LogP contribution in [0.5, 0.6) is 0 Å². The zero-order valence-electron chi connectivity index (χ0n) is 18.2. The number of H-pyrrole nitrogens is 1. The smallest absolute Gasteiger partial charge is 0.396 e. The molecule has 0 bridgehead atoms. The number of halogens is 5. The van der Waals surface area contributed by atoms with E-state index in [0.29, 0.717) is 29.4 Å². The summed E-state index contributed by atoms with van der Waals surface area (Å²) >= 11 is 0. The van der Waals surface area contributed by atoms with Crippen LogP contribution >= 0.6 is 0 Å². The van der Waals surface area contributed by atoms with Gasteiger partial charge in [0.25, 0.3) is 0 Å². The van der Waals surface area contributed by atoms with Gasteiger partial charge in [-0.2, -0.15) is 13.2 Å². The van der Waals surface area contributed by atoms with Crippen molar-refractivity contribution in [1.82, 2.24) is 19.9 Å². The summed E-state index contributed by atoms with van der Waals surface area (Å²) < 4.78 is 76.0. The number of anilines is 1. The predicted molar refractivity (Wildman–Crippen MR) is 113 cm³/mol. The van der Waals surface area contributed by atoms with Gasteiger partial charge in [0.2, 0.25) is 0 Å². The van der Waals surface area contributed by atoms with E-state index in [1.54, 1.807) is 6.92 Å². The topological polar surface area (TPSA) is 92.8 Å². The van der Waals surface area contributed by atoms with Crippen LogP contribution in [0.2, 0.25) is 0 Å². The van der Waals surface area contributed by atoms with Crippen LogP contribution in [0.3, 0.4) is 0 Å². The molecular formula is C22H22F5N5O2. The summed E-state index contributed by atoms with van der Waals surface area (Å²) in [6, 6.07) is -0.317. The normalized spacial score (nSPS) is 16.5. The molecule has 7 nitrogen and oxygen atoms in total. The maximum Gasteiger partial charge on any atom is 0.396 e. The van der Waals surface area contributed by atoms with Crippen molar-refractivity contribution in [1.29, 1.82) is 0 Å². The van der Waals surface area contributed by atoms with Crippen molar-refractivity contribution in [2.24, 2.45) is 5.41 Å². The molecule has 3 aromatic rings. The van der Waals surface area contributed by atoms with Crippen molar-refractivity contribution in [3.63, 3.8) is 0 Å². The first-order valence-corrected chi connectivity index (χ1v) is 10.8. The highest BCUT2D eigenvalue weighted by Crippen LogP contribution is 2.54. The average Bonchev–Trinajstić information content (AvgIpc) is 3.42. The number of ether oxygens (including phenoxy) is 1. The van der Waals surface area contributed by atoms with Crippen molar-refractivity contribution in [2.75, 3.05) is 11.9 Å². The Balaban J connectivity index is 1.74. The lowest BCUT2D eigenvalue weighted by Gasteiger charge is -2.39. The zero-order valence-corrected chi connectivity index (χ0v) is 18.2. The number of pyridine rings is 1. The van der Waals surface area contributed by atoms with Crippen LogP contribution in [0.15, 0.2) is 24.7 Å². The van der Waals surface area contributed by atoms with Gasteiger partial charge in [-0.1, -0.05) is 12.8 Å². The van der Waals surface area contributed by atoms with E-state index in [0.717, 1.165) is 12.4 Å². The molecule has 1 saturated carbocycles. The third-order valence-electron chi connectivity index (χ3n) is 6.20. The Labute approximate surface area is 191 Å². The number of fused-ring (bicyclic) bond motifs is 1. The highest BCUT2D eigenvalue weighted by Gasteiger charge is 2.60. The van der Waals surface area contributed by atoms with Crippen LogP contribution in [0.4, 0.5) is 27.8 Å². The first-order chi connectivity index (χ1) is 16.1. The fraction of sp³-hybridized carbons (Fsp3) is 0.455. The van der Waals surface area contributed by atoms with E-state index in [1.165, 1.54) is 12.3 Å². The molecule has 4 rings (SSSR count). The highest BCUT2D eigenvalue weighted by molar-refractivity contribution is 5.91. The van der Waals surface area contributed by atoms with Crippen LogP contribution in [0.1, 0.15) is 39.0 Å². The van der Waals surface area contributed by atoms with Gasteiger partial charge in [-0.15, -0.1) is 0 Å².